The van der Waals surface area contributed by atoms with Crippen molar-refractivity contribution in [3.63, 3.8) is 0 Å². The third-order valence-corrected chi connectivity index (χ3v) is 6.61. The van der Waals surface area contributed by atoms with Gasteiger partial charge in [0, 0.05) is 35.0 Å². The van der Waals surface area contributed by atoms with Gasteiger partial charge in [0.05, 0.1) is 38.8 Å². The van der Waals surface area contributed by atoms with Crippen LogP contribution in [0.15, 0.2) is 72.8 Å². The molecule has 0 saturated carbocycles. The summed E-state index contributed by atoms with van der Waals surface area (Å²) in [7, 11) is 4.68. The number of anilines is 2. The Morgan fingerprint density at radius 3 is 2.17 bits per heavy atom. The highest BCUT2D eigenvalue weighted by Gasteiger charge is 2.17. The number of aryl methyl sites for hydroxylation is 1. The van der Waals surface area contributed by atoms with Crippen LogP contribution in [0.1, 0.15) is 34.0 Å². The normalized spacial score (nSPS) is 11.4. The summed E-state index contributed by atoms with van der Waals surface area (Å²) < 4.78 is 15.8. The largest absolute Gasteiger partial charge is 0.497 e. The summed E-state index contributed by atoms with van der Waals surface area (Å²) in [5, 5.41) is 24.8. The Bertz CT molecular complexity index is 1530. The van der Waals surface area contributed by atoms with Crippen molar-refractivity contribution < 1.29 is 24.1 Å². The lowest BCUT2D eigenvalue weighted by Crippen LogP contribution is -2.19. The maximum Gasteiger partial charge on any atom is 0.255 e. The highest BCUT2D eigenvalue weighted by atomic mass is 16.5. The standard InChI is InChI=1S/C32H34N4O5/c1-19-6-9-23(35-32(38)22-14-25(40-4)17-26(15-22)41-5)16-28(19)29-13-12-27(30(33)20(2)37)31(36-29)34-18-21-7-10-24(39-3)11-8-21/h6-17,20,33,37H,18H2,1-5H3,(H,34,36)(H,35,38). The molecule has 0 aliphatic heterocycles. The molecule has 3 aromatic carbocycles. The average Bonchev–Trinajstić information content (AvgIpc) is 3.00. The maximum atomic E-state index is 13.1. The van der Waals surface area contributed by atoms with Gasteiger partial charge >= 0.3 is 0 Å². The number of aliphatic hydroxyl groups excluding tert-OH is 1. The Morgan fingerprint density at radius 2 is 1.56 bits per heavy atom. The number of carbonyl (C=O) groups is 1. The van der Waals surface area contributed by atoms with Crippen LogP contribution in [0.25, 0.3) is 11.3 Å². The second-order valence-electron chi connectivity index (χ2n) is 9.47. The Morgan fingerprint density at radius 1 is 0.902 bits per heavy atom. The predicted octanol–water partition coefficient (Wildman–Crippen LogP) is 5.70. The zero-order valence-corrected chi connectivity index (χ0v) is 23.7. The van der Waals surface area contributed by atoms with Crippen LogP contribution in [-0.2, 0) is 6.54 Å². The van der Waals surface area contributed by atoms with Crippen LogP contribution in [-0.4, -0.2) is 49.1 Å². The fraction of sp³-hybridized carbons (Fsp3) is 0.219. The molecule has 1 atom stereocenters. The molecule has 1 aromatic heterocycles. The second-order valence-corrected chi connectivity index (χ2v) is 9.47. The summed E-state index contributed by atoms with van der Waals surface area (Å²) in [4.78, 5) is 17.9. The monoisotopic (exact) mass is 554 g/mol. The van der Waals surface area contributed by atoms with Gasteiger partial charge in [0.1, 0.15) is 23.1 Å². The van der Waals surface area contributed by atoms with Crippen LogP contribution in [0, 0.1) is 12.3 Å². The van der Waals surface area contributed by atoms with Crippen LogP contribution in [0.4, 0.5) is 11.5 Å². The number of pyridine rings is 1. The van der Waals surface area contributed by atoms with Crippen molar-refractivity contribution in [3.05, 3.63) is 95.1 Å². The number of hydrogen-bond acceptors (Lipinski definition) is 8. The van der Waals surface area contributed by atoms with E-state index in [1.165, 1.54) is 14.2 Å². The van der Waals surface area contributed by atoms with E-state index < -0.39 is 6.10 Å². The minimum atomic E-state index is -0.959. The molecule has 9 nitrogen and oxygen atoms in total. The summed E-state index contributed by atoms with van der Waals surface area (Å²) in [6.07, 6.45) is -0.959. The minimum absolute atomic E-state index is 0.0627. The summed E-state index contributed by atoms with van der Waals surface area (Å²) in [6.45, 7) is 3.98. The van der Waals surface area contributed by atoms with Crippen molar-refractivity contribution >= 4 is 23.1 Å². The van der Waals surface area contributed by atoms with E-state index in [1.807, 2.05) is 55.5 Å². The zero-order chi connectivity index (χ0) is 29.5. The molecule has 4 N–H and O–H groups in total. The van der Waals surface area contributed by atoms with Crippen molar-refractivity contribution in [2.24, 2.45) is 0 Å². The summed E-state index contributed by atoms with van der Waals surface area (Å²) in [6, 6.07) is 21.8. The van der Waals surface area contributed by atoms with E-state index in [0.717, 1.165) is 22.4 Å². The molecule has 0 fully saturated rings. The van der Waals surface area contributed by atoms with Crippen molar-refractivity contribution in [1.82, 2.24) is 4.98 Å². The molecule has 41 heavy (non-hydrogen) atoms. The Balaban J connectivity index is 1.64. The quantitative estimate of drug-likeness (QED) is 0.175. The van der Waals surface area contributed by atoms with E-state index in [2.05, 4.69) is 10.6 Å². The number of nitrogens with zero attached hydrogens (tertiary/aromatic N) is 1. The first-order chi connectivity index (χ1) is 19.7. The number of methoxy groups -OCH3 is 3. The molecule has 1 unspecified atom stereocenters. The van der Waals surface area contributed by atoms with E-state index in [-0.39, 0.29) is 11.6 Å². The van der Waals surface area contributed by atoms with Crippen molar-refractivity contribution in [1.29, 1.82) is 5.41 Å². The number of benzene rings is 3. The molecule has 0 radical (unpaired) electrons. The first-order valence-electron chi connectivity index (χ1n) is 13.0. The molecule has 4 rings (SSSR count). The van der Waals surface area contributed by atoms with Gasteiger partial charge < -0.3 is 35.4 Å². The van der Waals surface area contributed by atoms with Gasteiger partial charge in [0.15, 0.2) is 0 Å². The fourth-order valence-corrected chi connectivity index (χ4v) is 4.23. The number of aromatic nitrogens is 1. The summed E-state index contributed by atoms with van der Waals surface area (Å²) in [5.74, 6) is 1.95. The SMILES string of the molecule is COc1ccc(CNc2nc(-c3cc(NC(=O)c4cc(OC)cc(OC)c4)ccc3C)ccc2C(=N)C(C)O)cc1. The third-order valence-electron chi connectivity index (χ3n) is 6.61. The Labute approximate surface area is 239 Å². The topological polar surface area (TPSA) is 126 Å². The van der Waals surface area contributed by atoms with Crippen molar-refractivity contribution in [3.8, 4) is 28.5 Å². The number of rotatable bonds is 11. The van der Waals surface area contributed by atoms with E-state index in [1.54, 1.807) is 38.3 Å². The van der Waals surface area contributed by atoms with E-state index in [4.69, 9.17) is 24.6 Å². The van der Waals surface area contributed by atoms with Crippen LogP contribution in [0.2, 0.25) is 0 Å². The van der Waals surface area contributed by atoms with Crippen LogP contribution in [0.5, 0.6) is 17.2 Å². The first-order valence-corrected chi connectivity index (χ1v) is 13.0. The number of amides is 1. The molecular formula is C32H34N4O5. The zero-order valence-electron chi connectivity index (χ0n) is 23.7. The highest BCUT2D eigenvalue weighted by Crippen LogP contribution is 2.29. The van der Waals surface area contributed by atoms with Crippen LogP contribution >= 0.6 is 0 Å². The minimum Gasteiger partial charge on any atom is -0.497 e. The maximum absolute atomic E-state index is 13.1. The molecule has 0 saturated heterocycles. The highest BCUT2D eigenvalue weighted by molar-refractivity contribution is 6.06. The van der Waals surface area contributed by atoms with E-state index >= 15 is 0 Å². The van der Waals surface area contributed by atoms with E-state index in [9.17, 15) is 9.90 Å². The van der Waals surface area contributed by atoms with Gasteiger partial charge in [-0.05, 0) is 73.5 Å². The fourth-order valence-electron chi connectivity index (χ4n) is 4.23. The Hall–Kier alpha value is -4.89. The second kappa shape index (κ2) is 13.0. The van der Waals surface area contributed by atoms with Crippen molar-refractivity contribution in [2.45, 2.75) is 26.5 Å². The lowest BCUT2D eigenvalue weighted by molar-refractivity contribution is 0.102. The molecule has 1 amide bonds. The molecule has 0 aliphatic carbocycles. The van der Waals surface area contributed by atoms with Gasteiger partial charge in [-0.25, -0.2) is 4.98 Å². The summed E-state index contributed by atoms with van der Waals surface area (Å²) in [5.41, 5.74) is 4.98. The van der Waals surface area contributed by atoms with Gasteiger partial charge in [-0.15, -0.1) is 0 Å². The number of hydrogen-bond donors (Lipinski definition) is 4. The van der Waals surface area contributed by atoms with Gasteiger partial charge in [-0.1, -0.05) is 18.2 Å². The van der Waals surface area contributed by atoms with Crippen molar-refractivity contribution in [2.75, 3.05) is 32.0 Å². The first kappa shape index (κ1) is 29.1. The van der Waals surface area contributed by atoms with Crippen LogP contribution < -0.4 is 24.8 Å². The summed E-state index contributed by atoms with van der Waals surface area (Å²) >= 11 is 0. The van der Waals surface area contributed by atoms with Crippen LogP contribution in [0.3, 0.4) is 0 Å². The number of aliphatic hydroxyl groups is 1. The number of nitrogens with one attached hydrogen (secondary N) is 3. The van der Waals surface area contributed by atoms with E-state index in [0.29, 0.717) is 46.4 Å². The molecule has 212 valence electrons. The predicted molar refractivity (Wildman–Crippen MR) is 161 cm³/mol. The smallest absolute Gasteiger partial charge is 0.255 e. The lowest BCUT2D eigenvalue weighted by Gasteiger charge is -2.17. The number of ether oxygens (including phenoxy) is 3. The molecule has 0 spiro atoms. The Kier molecular flexibility index (Phi) is 9.21. The molecule has 0 aliphatic rings. The van der Waals surface area contributed by atoms with Gasteiger partial charge in [-0.2, -0.15) is 0 Å². The van der Waals surface area contributed by atoms with Gasteiger partial charge in [0.25, 0.3) is 5.91 Å². The molecular weight excluding hydrogens is 520 g/mol. The number of carbonyl (C=O) groups excluding carboxylic acids is 1. The third kappa shape index (κ3) is 7.01. The van der Waals surface area contributed by atoms with Gasteiger partial charge in [0.2, 0.25) is 0 Å². The average molecular weight is 555 g/mol. The molecule has 9 heteroatoms. The molecule has 4 aromatic rings. The lowest BCUT2D eigenvalue weighted by atomic mass is 10.0. The molecule has 0 bridgehead atoms. The molecule has 1 heterocycles. The van der Waals surface area contributed by atoms with Gasteiger partial charge in [-0.3, -0.25) is 4.79 Å².